The molecule has 0 aliphatic carbocycles. The smallest absolute Gasteiger partial charge is 0.251 e. The van der Waals surface area contributed by atoms with Crippen LogP contribution in [0.5, 0.6) is 0 Å². The van der Waals surface area contributed by atoms with Crippen LogP contribution in [0.3, 0.4) is 0 Å². The molecule has 0 saturated carbocycles. The number of carbonyl (C=O) groups is 1. The molecule has 1 rings (SSSR count). The van der Waals surface area contributed by atoms with Crippen molar-refractivity contribution >= 4 is 27.5 Å². The van der Waals surface area contributed by atoms with E-state index in [1.807, 2.05) is 43.3 Å². The molecule has 1 N–H and O–H groups in total. The number of carbonyl (C=O) groups excluding carboxylic acids is 1. The summed E-state index contributed by atoms with van der Waals surface area (Å²) in [5.41, 5.74) is 1.75. The third-order valence-corrected chi connectivity index (χ3v) is 3.92. The molecular formula is C14H21BrN2O. The van der Waals surface area contributed by atoms with Crippen molar-refractivity contribution in [2.75, 3.05) is 25.5 Å². The van der Waals surface area contributed by atoms with Crippen LogP contribution >= 0.6 is 15.9 Å². The van der Waals surface area contributed by atoms with E-state index in [1.165, 1.54) is 0 Å². The summed E-state index contributed by atoms with van der Waals surface area (Å²) in [4.78, 5) is 14.4. The van der Waals surface area contributed by atoms with Crippen LogP contribution in [0.25, 0.3) is 0 Å². The van der Waals surface area contributed by atoms with Gasteiger partial charge in [0.1, 0.15) is 0 Å². The van der Waals surface area contributed by atoms with Gasteiger partial charge in [-0.25, -0.2) is 0 Å². The van der Waals surface area contributed by atoms with E-state index in [2.05, 4.69) is 28.2 Å². The maximum Gasteiger partial charge on any atom is 0.251 e. The molecule has 3 nitrogen and oxygen atoms in total. The largest absolute Gasteiger partial charge is 0.378 e. The summed E-state index contributed by atoms with van der Waals surface area (Å²) in [6, 6.07) is 7.64. The molecule has 0 bridgehead atoms. The second-order valence-electron chi connectivity index (χ2n) is 4.49. The lowest BCUT2D eigenvalue weighted by atomic mass is 10.1. The quantitative estimate of drug-likeness (QED) is 0.819. The maximum absolute atomic E-state index is 11.9. The first kappa shape index (κ1) is 15.0. The molecule has 0 aliphatic heterocycles. The predicted octanol–water partition coefficient (Wildman–Crippen LogP) is 3.05. The summed E-state index contributed by atoms with van der Waals surface area (Å²) < 4.78 is 0. The molecule has 0 fully saturated rings. The zero-order valence-corrected chi connectivity index (χ0v) is 12.8. The molecule has 1 amide bonds. The van der Waals surface area contributed by atoms with Crippen molar-refractivity contribution < 1.29 is 4.79 Å². The van der Waals surface area contributed by atoms with E-state index >= 15 is 0 Å². The van der Waals surface area contributed by atoms with Crippen LogP contribution in [0.4, 0.5) is 5.69 Å². The van der Waals surface area contributed by atoms with E-state index in [0.29, 0.717) is 16.9 Å². The van der Waals surface area contributed by atoms with Gasteiger partial charge in [0.05, 0.1) is 0 Å². The first-order valence-electron chi connectivity index (χ1n) is 6.24. The average molecular weight is 313 g/mol. The summed E-state index contributed by atoms with van der Waals surface area (Å²) in [5.74, 6) is -0.00509. The van der Waals surface area contributed by atoms with Crippen molar-refractivity contribution in [3.63, 3.8) is 0 Å². The first-order valence-corrected chi connectivity index (χ1v) is 7.15. The zero-order valence-electron chi connectivity index (χ0n) is 11.2. The normalized spacial score (nSPS) is 12.0. The Bertz CT molecular complexity index is 393. The fourth-order valence-electron chi connectivity index (χ4n) is 1.57. The van der Waals surface area contributed by atoms with Crippen LogP contribution in [0.2, 0.25) is 0 Å². The highest BCUT2D eigenvalue weighted by Crippen LogP contribution is 2.13. The van der Waals surface area contributed by atoms with Crippen molar-refractivity contribution in [2.24, 2.45) is 0 Å². The molecule has 1 unspecified atom stereocenters. The minimum absolute atomic E-state index is 0.00509. The van der Waals surface area contributed by atoms with E-state index in [9.17, 15) is 4.79 Å². The predicted molar refractivity (Wildman–Crippen MR) is 80.7 cm³/mol. The van der Waals surface area contributed by atoms with Gasteiger partial charge in [0.25, 0.3) is 5.91 Å². The molecule has 0 aliphatic rings. The van der Waals surface area contributed by atoms with E-state index in [4.69, 9.17) is 0 Å². The molecule has 0 spiro atoms. The van der Waals surface area contributed by atoms with Crippen LogP contribution in [-0.2, 0) is 0 Å². The highest BCUT2D eigenvalue weighted by Gasteiger charge is 2.07. The van der Waals surface area contributed by atoms with Crippen LogP contribution in [0.15, 0.2) is 24.3 Å². The molecule has 100 valence electrons. The SMILES string of the molecule is CCC(Br)CCNC(=O)c1cccc(N(C)C)c1. The van der Waals surface area contributed by atoms with Gasteiger partial charge in [-0.1, -0.05) is 28.9 Å². The number of amides is 1. The number of benzene rings is 1. The number of alkyl halides is 1. The highest BCUT2D eigenvalue weighted by molar-refractivity contribution is 9.09. The highest BCUT2D eigenvalue weighted by atomic mass is 79.9. The molecule has 0 saturated heterocycles. The lowest BCUT2D eigenvalue weighted by molar-refractivity contribution is 0.0953. The minimum atomic E-state index is -0.00509. The molecule has 0 heterocycles. The second kappa shape index (κ2) is 7.41. The summed E-state index contributed by atoms with van der Waals surface area (Å²) in [7, 11) is 3.93. The molecule has 1 aromatic carbocycles. The Labute approximate surface area is 118 Å². The molecule has 0 radical (unpaired) electrons. The Kier molecular flexibility index (Phi) is 6.19. The Morgan fingerprint density at radius 3 is 2.78 bits per heavy atom. The second-order valence-corrected chi connectivity index (χ2v) is 5.79. The third-order valence-electron chi connectivity index (χ3n) is 2.81. The average Bonchev–Trinajstić information content (AvgIpc) is 2.38. The Balaban J connectivity index is 2.53. The molecular weight excluding hydrogens is 292 g/mol. The van der Waals surface area contributed by atoms with Crippen molar-refractivity contribution in [1.82, 2.24) is 5.32 Å². The number of nitrogens with one attached hydrogen (secondary N) is 1. The van der Waals surface area contributed by atoms with Crippen molar-refractivity contribution in [2.45, 2.75) is 24.6 Å². The lowest BCUT2D eigenvalue weighted by Crippen LogP contribution is -2.26. The summed E-state index contributed by atoms with van der Waals surface area (Å²) >= 11 is 3.56. The number of hydrogen-bond acceptors (Lipinski definition) is 2. The van der Waals surface area contributed by atoms with Gasteiger partial charge in [0, 0.05) is 36.7 Å². The molecule has 18 heavy (non-hydrogen) atoms. The van der Waals surface area contributed by atoms with Crippen LogP contribution in [-0.4, -0.2) is 31.4 Å². The maximum atomic E-state index is 11.9. The molecule has 1 aromatic rings. The summed E-state index contributed by atoms with van der Waals surface area (Å²) in [6.07, 6.45) is 2.03. The standard InChI is InChI=1S/C14H21BrN2O/c1-4-12(15)8-9-16-14(18)11-6-5-7-13(10-11)17(2)3/h5-7,10,12H,4,8-9H2,1-3H3,(H,16,18). The number of rotatable bonds is 6. The fraction of sp³-hybridized carbons (Fsp3) is 0.500. The third kappa shape index (κ3) is 4.69. The first-order chi connectivity index (χ1) is 8.54. The van der Waals surface area contributed by atoms with Crippen LogP contribution in [0.1, 0.15) is 30.1 Å². The van der Waals surface area contributed by atoms with Crippen LogP contribution in [0, 0.1) is 0 Å². The Morgan fingerprint density at radius 2 is 2.17 bits per heavy atom. The Morgan fingerprint density at radius 1 is 1.44 bits per heavy atom. The Hall–Kier alpha value is -1.03. The summed E-state index contributed by atoms with van der Waals surface area (Å²) in [6.45, 7) is 2.83. The number of halogens is 1. The van der Waals surface area contributed by atoms with Gasteiger partial charge < -0.3 is 10.2 Å². The molecule has 0 aromatic heterocycles. The van der Waals surface area contributed by atoms with Gasteiger partial charge >= 0.3 is 0 Å². The van der Waals surface area contributed by atoms with Crippen molar-refractivity contribution in [3.8, 4) is 0 Å². The van der Waals surface area contributed by atoms with E-state index in [1.54, 1.807) is 0 Å². The number of nitrogens with zero attached hydrogens (tertiary/aromatic N) is 1. The number of hydrogen-bond donors (Lipinski definition) is 1. The van der Waals surface area contributed by atoms with Crippen LogP contribution < -0.4 is 10.2 Å². The van der Waals surface area contributed by atoms with E-state index < -0.39 is 0 Å². The molecule has 1 atom stereocenters. The zero-order chi connectivity index (χ0) is 13.5. The van der Waals surface area contributed by atoms with Crippen molar-refractivity contribution in [3.05, 3.63) is 29.8 Å². The van der Waals surface area contributed by atoms with E-state index in [-0.39, 0.29) is 5.91 Å². The lowest BCUT2D eigenvalue weighted by Gasteiger charge is -2.13. The number of anilines is 1. The minimum Gasteiger partial charge on any atom is -0.378 e. The van der Waals surface area contributed by atoms with Gasteiger partial charge in [-0.2, -0.15) is 0 Å². The fourth-order valence-corrected chi connectivity index (χ4v) is 1.80. The van der Waals surface area contributed by atoms with Crippen molar-refractivity contribution in [1.29, 1.82) is 0 Å². The topological polar surface area (TPSA) is 32.3 Å². The summed E-state index contributed by atoms with van der Waals surface area (Å²) in [5, 5.41) is 2.94. The monoisotopic (exact) mass is 312 g/mol. The van der Waals surface area contributed by atoms with Gasteiger partial charge in [0.2, 0.25) is 0 Å². The van der Waals surface area contributed by atoms with Gasteiger partial charge in [-0.15, -0.1) is 0 Å². The van der Waals surface area contributed by atoms with Gasteiger partial charge in [0.15, 0.2) is 0 Å². The molecule has 4 heteroatoms. The van der Waals surface area contributed by atoms with Gasteiger partial charge in [-0.3, -0.25) is 4.79 Å². The van der Waals surface area contributed by atoms with E-state index in [0.717, 1.165) is 18.5 Å². The van der Waals surface area contributed by atoms with Gasteiger partial charge in [-0.05, 0) is 31.0 Å².